The molecule has 0 radical (unpaired) electrons. The van der Waals surface area contributed by atoms with Crippen molar-refractivity contribution in [2.24, 2.45) is 0 Å². The van der Waals surface area contributed by atoms with Crippen LogP contribution in [0.3, 0.4) is 0 Å². The van der Waals surface area contributed by atoms with E-state index in [1.165, 1.54) is 12.1 Å². The fourth-order valence-corrected chi connectivity index (χ4v) is 1.78. The first-order valence-electron chi connectivity index (χ1n) is 5.73. The number of non-ortho nitro benzene ring substituents is 1. The number of halogens is 1. The Morgan fingerprint density at radius 2 is 2.32 bits per heavy atom. The number of rotatable bonds is 5. The molecule has 6 nitrogen and oxygen atoms in total. The minimum Gasteiger partial charge on any atom is -0.380 e. The van der Waals surface area contributed by atoms with Crippen molar-refractivity contribution < 1.29 is 9.31 Å². The maximum absolute atomic E-state index is 13.3. The molecule has 1 unspecified atom stereocenters. The summed E-state index contributed by atoms with van der Waals surface area (Å²) in [5.41, 5.74) is 0.111. The lowest BCUT2D eigenvalue weighted by Crippen LogP contribution is -2.22. The van der Waals surface area contributed by atoms with Crippen LogP contribution in [0.1, 0.15) is 6.92 Å². The van der Waals surface area contributed by atoms with Crippen molar-refractivity contribution in [3.8, 4) is 0 Å². The highest BCUT2D eigenvalue weighted by Crippen LogP contribution is 2.20. The van der Waals surface area contributed by atoms with E-state index in [0.717, 1.165) is 6.07 Å². The van der Waals surface area contributed by atoms with Gasteiger partial charge in [-0.3, -0.25) is 14.8 Å². The Balaban J connectivity index is 2.08. The van der Waals surface area contributed by atoms with Gasteiger partial charge in [0.05, 0.1) is 17.5 Å². The molecule has 0 spiro atoms. The molecule has 1 aromatic heterocycles. The third kappa shape index (κ3) is 3.51. The predicted octanol–water partition coefficient (Wildman–Crippen LogP) is 2.43. The van der Waals surface area contributed by atoms with E-state index in [1.54, 1.807) is 16.9 Å². The molecule has 0 aliphatic heterocycles. The number of nitrogens with zero attached hydrogens (tertiary/aromatic N) is 3. The first kappa shape index (κ1) is 13.0. The van der Waals surface area contributed by atoms with Gasteiger partial charge >= 0.3 is 0 Å². The van der Waals surface area contributed by atoms with Crippen molar-refractivity contribution in [2.45, 2.75) is 19.5 Å². The van der Waals surface area contributed by atoms with Crippen LogP contribution in [0, 0.1) is 15.9 Å². The van der Waals surface area contributed by atoms with E-state index in [1.807, 2.05) is 13.1 Å². The summed E-state index contributed by atoms with van der Waals surface area (Å²) in [6, 6.07) is 5.19. The van der Waals surface area contributed by atoms with Crippen LogP contribution in [0.2, 0.25) is 0 Å². The molecule has 1 aromatic carbocycles. The lowest BCUT2D eigenvalue weighted by molar-refractivity contribution is -0.385. The van der Waals surface area contributed by atoms with Gasteiger partial charge in [-0.2, -0.15) is 5.10 Å². The fourth-order valence-electron chi connectivity index (χ4n) is 1.78. The summed E-state index contributed by atoms with van der Waals surface area (Å²) in [4.78, 5) is 10.0. The zero-order valence-corrected chi connectivity index (χ0v) is 10.3. The molecule has 7 heteroatoms. The number of nitro benzene ring substituents is 1. The number of nitrogens with one attached hydrogen (secondary N) is 1. The molecular weight excluding hydrogens is 251 g/mol. The van der Waals surface area contributed by atoms with Gasteiger partial charge in [-0.05, 0) is 19.1 Å². The van der Waals surface area contributed by atoms with E-state index in [-0.39, 0.29) is 11.7 Å². The molecule has 19 heavy (non-hydrogen) atoms. The molecule has 0 aliphatic carbocycles. The first-order chi connectivity index (χ1) is 9.04. The molecule has 0 saturated carbocycles. The van der Waals surface area contributed by atoms with Gasteiger partial charge in [0, 0.05) is 30.2 Å². The zero-order valence-electron chi connectivity index (χ0n) is 10.3. The van der Waals surface area contributed by atoms with Crippen LogP contribution in [-0.4, -0.2) is 20.7 Å². The number of nitro groups is 1. The summed E-state index contributed by atoms with van der Waals surface area (Å²) in [6.07, 6.45) is 3.48. The first-order valence-corrected chi connectivity index (χ1v) is 5.73. The van der Waals surface area contributed by atoms with Gasteiger partial charge in [0.1, 0.15) is 5.82 Å². The summed E-state index contributed by atoms with van der Waals surface area (Å²) >= 11 is 0. The fraction of sp³-hybridized carbons (Fsp3) is 0.250. The second-order valence-corrected chi connectivity index (χ2v) is 4.23. The molecule has 1 N–H and O–H groups in total. The van der Waals surface area contributed by atoms with Crippen LogP contribution in [-0.2, 0) is 6.54 Å². The molecule has 2 rings (SSSR count). The van der Waals surface area contributed by atoms with Gasteiger partial charge in [-0.15, -0.1) is 0 Å². The Hall–Kier alpha value is -2.44. The number of benzene rings is 1. The van der Waals surface area contributed by atoms with Crippen LogP contribution in [0.4, 0.5) is 15.8 Å². The zero-order chi connectivity index (χ0) is 13.8. The minimum atomic E-state index is -0.636. The molecule has 0 aliphatic rings. The van der Waals surface area contributed by atoms with Crippen molar-refractivity contribution in [1.29, 1.82) is 0 Å². The van der Waals surface area contributed by atoms with E-state index in [4.69, 9.17) is 0 Å². The van der Waals surface area contributed by atoms with Crippen molar-refractivity contribution in [3.05, 3.63) is 52.6 Å². The summed E-state index contributed by atoms with van der Waals surface area (Å²) in [5, 5.41) is 17.7. The van der Waals surface area contributed by atoms with Crippen LogP contribution >= 0.6 is 0 Å². The van der Waals surface area contributed by atoms with E-state index in [9.17, 15) is 14.5 Å². The van der Waals surface area contributed by atoms with Crippen molar-refractivity contribution >= 4 is 11.4 Å². The third-order valence-corrected chi connectivity index (χ3v) is 2.53. The van der Waals surface area contributed by atoms with E-state index < -0.39 is 10.7 Å². The molecule has 2 aromatic rings. The monoisotopic (exact) mass is 264 g/mol. The highest BCUT2D eigenvalue weighted by atomic mass is 19.1. The molecule has 0 amide bonds. The SMILES string of the molecule is CC(Cn1cccn1)Nc1cc(F)cc([N+](=O)[O-])c1. The number of anilines is 1. The molecular formula is C12H13FN4O2. The Bertz CT molecular complexity index is 571. The Morgan fingerprint density at radius 3 is 2.95 bits per heavy atom. The van der Waals surface area contributed by atoms with Gasteiger partial charge < -0.3 is 5.32 Å². The predicted molar refractivity (Wildman–Crippen MR) is 68.4 cm³/mol. The highest BCUT2D eigenvalue weighted by Gasteiger charge is 2.11. The number of aromatic nitrogens is 2. The highest BCUT2D eigenvalue weighted by molar-refractivity contribution is 5.52. The van der Waals surface area contributed by atoms with E-state index in [0.29, 0.717) is 12.2 Å². The van der Waals surface area contributed by atoms with Crippen LogP contribution in [0.5, 0.6) is 0 Å². The number of hydrogen-bond donors (Lipinski definition) is 1. The van der Waals surface area contributed by atoms with E-state index in [2.05, 4.69) is 10.4 Å². The Kier molecular flexibility index (Phi) is 3.74. The Labute approximate surface area is 109 Å². The topological polar surface area (TPSA) is 73.0 Å². The largest absolute Gasteiger partial charge is 0.380 e. The smallest absolute Gasteiger partial charge is 0.274 e. The average Bonchev–Trinajstić information content (AvgIpc) is 2.80. The quantitative estimate of drug-likeness (QED) is 0.665. The van der Waals surface area contributed by atoms with Crippen LogP contribution in [0.15, 0.2) is 36.7 Å². The Morgan fingerprint density at radius 1 is 1.53 bits per heavy atom. The maximum atomic E-state index is 13.3. The summed E-state index contributed by atoms with van der Waals surface area (Å²) in [6.45, 7) is 2.47. The van der Waals surface area contributed by atoms with Gasteiger partial charge in [0.2, 0.25) is 0 Å². The third-order valence-electron chi connectivity index (χ3n) is 2.53. The van der Waals surface area contributed by atoms with Gasteiger partial charge in [0.25, 0.3) is 5.69 Å². The van der Waals surface area contributed by atoms with Gasteiger partial charge in [-0.1, -0.05) is 0 Å². The summed E-state index contributed by atoms with van der Waals surface area (Å²) in [7, 11) is 0. The van der Waals surface area contributed by atoms with Crippen molar-refractivity contribution in [3.63, 3.8) is 0 Å². The number of hydrogen-bond acceptors (Lipinski definition) is 4. The average molecular weight is 264 g/mol. The maximum Gasteiger partial charge on any atom is 0.274 e. The lowest BCUT2D eigenvalue weighted by atomic mass is 10.2. The van der Waals surface area contributed by atoms with Crippen molar-refractivity contribution in [1.82, 2.24) is 9.78 Å². The molecule has 0 saturated heterocycles. The molecule has 1 atom stereocenters. The van der Waals surface area contributed by atoms with Crippen LogP contribution in [0.25, 0.3) is 0 Å². The van der Waals surface area contributed by atoms with Crippen LogP contribution < -0.4 is 5.32 Å². The lowest BCUT2D eigenvalue weighted by Gasteiger charge is -2.15. The minimum absolute atomic E-state index is 0.0405. The van der Waals surface area contributed by atoms with E-state index >= 15 is 0 Å². The second kappa shape index (κ2) is 5.47. The second-order valence-electron chi connectivity index (χ2n) is 4.23. The van der Waals surface area contributed by atoms with Crippen molar-refractivity contribution in [2.75, 3.05) is 5.32 Å². The standard InChI is InChI=1S/C12H13FN4O2/c1-9(8-16-4-2-3-14-16)15-11-5-10(13)6-12(7-11)17(18)19/h2-7,9,15H,8H2,1H3. The molecule has 1 heterocycles. The summed E-state index contributed by atoms with van der Waals surface area (Å²) < 4.78 is 15.0. The van der Waals surface area contributed by atoms with Gasteiger partial charge in [0.15, 0.2) is 0 Å². The van der Waals surface area contributed by atoms with Gasteiger partial charge in [-0.25, -0.2) is 4.39 Å². The molecule has 0 fully saturated rings. The summed E-state index contributed by atoms with van der Waals surface area (Å²) in [5.74, 6) is -0.636. The molecule has 0 bridgehead atoms. The molecule has 100 valence electrons. The normalized spacial score (nSPS) is 12.1.